The monoisotopic (exact) mass is 390 g/mol. The van der Waals surface area contributed by atoms with Crippen LogP contribution in [0.2, 0.25) is 0 Å². The van der Waals surface area contributed by atoms with Crippen LogP contribution in [0.15, 0.2) is 46.9 Å². The first kappa shape index (κ1) is 25.9. The molecule has 0 bridgehead atoms. The Kier molecular flexibility index (Phi) is 13.0. The fourth-order valence-electron chi connectivity index (χ4n) is 3.34. The first-order valence-corrected chi connectivity index (χ1v) is 11.1. The van der Waals surface area contributed by atoms with E-state index < -0.39 is 15.7 Å². The molecule has 0 N–H and O–H groups in total. The van der Waals surface area contributed by atoms with Crippen molar-refractivity contribution >= 4 is 39.7 Å². The van der Waals surface area contributed by atoms with Crippen molar-refractivity contribution in [2.75, 3.05) is 0 Å². The number of allylic oxidation sites excluding steroid dienone is 1. The van der Waals surface area contributed by atoms with Gasteiger partial charge in [0.15, 0.2) is 0 Å². The van der Waals surface area contributed by atoms with Gasteiger partial charge in [-0.05, 0) is 43.4 Å². The zero-order chi connectivity index (χ0) is 18.8. The summed E-state index contributed by atoms with van der Waals surface area (Å²) in [6, 6.07) is 8.49. The molecule has 0 aliphatic heterocycles. The van der Waals surface area contributed by atoms with E-state index in [0.717, 1.165) is 56.9 Å². The van der Waals surface area contributed by atoms with E-state index in [9.17, 15) is 8.42 Å². The van der Waals surface area contributed by atoms with Crippen molar-refractivity contribution in [2.24, 2.45) is 0 Å². The summed E-state index contributed by atoms with van der Waals surface area (Å²) < 4.78 is 31.9. The van der Waals surface area contributed by atoms with Crippen LogP contribution in [-0.4, -0.2) is 43.6 Å². The van der Waals surface area contributed by atoms with Crippen molar-refractivity contribution in [1.29, 1.82) is 0 Å². The fourth-order valence-corrected chi connectivity index (χ4v) is 4.62. The van der Waals surface area contributed by atoms with Crippen LogP contribution in [0, 0.1) is 0 Å². The summed E-state index contributed by atoms with van der Waals surface area (Å²) >= 11 is 0. The summed E-state index contributed by atoms with van der Waals surface area (Å²) in [5.74, 6) is 0. The molecule has 3 nitrogen and oxygen atoms in total. The summed E-state index contributed by atoms with van der Waals surface area (Å²) in [5, 5.41) is 0. The molecule has 0 saturated heterocycles. The normalized spacial score (nSPS) is 12.7. The van der Waals surface area contributed by atoms with Gasteiger partial charge in [-0.1, -0.05) is 77.7 Å². The van der Waals surface area contributed by atoms with Crippen molar-refractivity contribution in [3.8, 4) is 0 Å². The molecular weight excluding hydrogens is 355 g/mol. The van der Waals surface area contributed by atoms with Gasteiger partial charge in [0, 0.05) is 0 Å². The van der Waals surface area contributed by atoms with Gasteiger partial charge in [0.05, 0.1) is 4.90 Å². The SMILES string of the molecule is CCCC=C(CCC)C(CCC)(CCC)OS(=O)(=O)c1ccccc1.[NaH]. The van der Waals surface area contributed by atoms with E-state index in [1.165, 1.54) is 0 Å². The molecule has 26 heavy (non-hydrogen) atoms. The molecule has 0 aromatic heterocycles. The molecule has 0 unspecified atom stereocenters. The summed E-state index contributed by atoms with van der Waals surface area (Å²) in [6.07, 6.45) is 9.31. The van der Waals surface area contributed by atoms with Crippen molar-refractivity contribution in [3.05, 3.63) is 42.0 Å². The Bertz CT molecular complexity index is 618. The minimum atomic E-state index is -3.79. The van der Waals surface area contributed by atoms with Crippen molar-refractivity contribution in [3.63, 3.8) is 0 Å². The Labute approximate surface area is 183 Å². The molecule has 0 aliphatic rings. The Morgan fingerprint density at radius 2 is 1.54 bits per heavy atom. The first-order valence-electron chi connectivity index (χ1n) is 9.65. The molecular formula is C21H35NaO3S. The number of hydrogen-bond acceptors (Lipinski definition) is 3. The number of rotatable bonds is 12. The molecule has 1 rings (SSSR count). The van der Waals surface area contributed by atoms with Gasteiger partial charge in [0.25, 0.3) is 10.1 Å². The maximum absolute atomic E-state index is 12.9. The third-order valence-electron chi connectivity index (χ3n) is 4.39. The van der Waals surface area contributed by atoms with Crippen molar-refractivity contribution < 1.29 is 12.6 Å². The fraction of sp³-hybridized carbons (Fsp3) is 0.619. The summed E-state index contributed by atoms with van der Waals surface area (Å²) in [4.78, 5) is 0.234. The molecule has 0 spiro atoms. The molecule has 0 saturated carbocycles. The van der Waals surface area contributed by atoms with Crippen molar-refractivity contribution in [1.82, 2.24) is 0 Å². The number of unbranched alkanes of at least 4 members (excludes halogenated alkanes) is 1. The van der Waals surface area contributed by atoms with Gasteiger partial charge in [-0.2, -0.15) is 8.42 Å². The van der Waals surface area contributed by atoms with Crippen LogP contribution < -0.4 is 0 Å². The first-order chi connectivity index (χ1) is 12.0. The number of benzene rings is 1. The molecule has 0 heterocycles. The van der Waals surface area contributed by atoms with Gasteiger partial charge in [0.1, 0.15) is 5.60 Å². The molecule has 0 fully saturated rings. The Morgan fingerprint density at radius 1 is 0.962 bits per heavy atom. The summed E-state index contributed by atoms with van der Waals surface area (Å²) in [7, 11) is -3.79. The Hall–Kier alpha value is -0.130. The van der Waals surface area contributed by atoms with Crippen LogP contribution in [0.1, 0.15) is 79.1 Å². The van der Waals surface area contributed by atoms with Crippen LogP contribution in [-0.2, 0) is 14.3 Å². The Balaban J connectivity index is 0.00000625. The van der Waals surface area contributed by atoms with Gasteiger partial charge in [-0.15, -0.1) is 0 Å². The molecule has 0 aliphatic carbocycles. The zero-order valence-electron chi connectivity index (χ0n) is 16.3. The predicted molar refractivity (Wildman–Crippen MR) is 112 cm³/mol. The van der Waals surface area contributed by atoms with Gasteiger partial charge in [-0.25, -0.2) is 0 Å². The predicted octanol–water partition coefficient (Wildman–Crippen LogP) is 5.61. The quantitative estimate of drug-likeness (QED) is 0.265. The average molecular weight is 391 g/mol. The van der Waals surface area contributed by atoms with Crippen LogP contribution in [0.25, 0.3) is 0 Å². The average Bonchev–Trinajstić information content (AvgIpc) is 2.59. The Morgan fingerprint density at radius 3 is 2.00 bits per heavy atom. The standard InChI is InChI=1S/C21H34O3S.Na.H/c1-5-9-14-19(13-6-2)21(17-7-3,18-8-4)24-25(22,23)20-15-11-10-12-16-20;;/h10-12,14-16H,5-9,13,17-18H2,1-4H3;;. The molecule has 1 aromatic carbocycles. The second-order valence-corrected chi connectivity index (χ2v) is 8.16. The maximum atomic E-state index is 12.9. The van der Waals surface area contributed by atoms with Crippen molar-refractivity contribution in [2.45, 2.75) is 89.6 Å². The van der Waals surface area contributed by atoms with E-state index in [4.69, 9.17) is 4.18 Å². The second kappa shape index (κ2) is 13.1. The van der Waals surface area contributed by atoms with Crippen LogP contribution in [0.4, 0.5) is 0 Å². The molecule has 0 amide bonds. The van der Waals surface area contributed by atoms with E-state index in [1.54, 1.807) is 24.3 Å². The van der Waals surface area contributed by atoms with Gasteiger partial charge in [0.2, 0.25) is 0 Å². The molecule has 144 valence electrons. The topological polar surface area (TPSA) is 43.4 Å². The van der Waals surface area contributed by atoms with Gasteiger partial charge >= 0.3 is 29.6 Å². The molecule has 0 atom stereocenters. The van der Waals surface area contributed by atoms with Gasteiger partial charge in [-0.3, -0.25) is 4.18 Å². The van der Waals surface area contributed by atoms with Crippen LogP contribution >= 0.6 is 0 Å². The third-order valence-corrected chi connectivity index (χ3v) is 5.78. The summed E-state index contributed by atoms with van der Waals surface area (Å²) in [6.45, 7) is 8.45. The third kappa shape index (κ3) is 7.47. The zero-order valence-corrected chi connectivity index (χ0v) is 17.1. The van der Waals surface area contributed by atoms with E-state index in [1.807, 2.05) is 6.07 Å². The van der Waals surface area contributed by atoms with Crippen LogP contribution in [0.5, 0.6) is 0 Å². The van der Waals surface area contributed by atoms with Crippen LogP contribution in [0.3, 0.4) is 0 Å². The molecule has 1 aromatic rings. The molecule has 0 radical (unpaired) electrons. The van der Waals surface area contributed by atoms with E-state index in [0.29, 0.717) is 0 Å². The summed E-state index contributed by atoms with van der Waals surface area (Å²) in [5.41, 5.74) is 0.434. The van der Waals surface area contributed by atoms with Gasteiger partial charge < -0.3 is 0 Å². The van der Waals surface area contributed by atoms with E-state index in [-0.39, 0.29) is 34.5 Å². The number of hydrogen-bond donors (Lipinski definition) is 0. The van der Waals surface area contributed by atoms with E-state index in [2.05, 4.69) is 33.8 Å². The van der Waals surface area contributed by atoms with E-state index >= 15 is 0 Å². The second-order valence-electron chi connectivity index (χ2n) is 6.61. The molecule has 5 heteroatoms. The minimum absolute atomic E-state index is 0.